The van der Waals surface area contributed by atoms with E-state index >= 15 is 0 Å². The number of para-hydroxylation sites is 1. The zero-order chi connectivity index (χ0) is 23.5. The molecule has 3 aromatic carbocycles. The van der Waals surface area contributed by atoms with E-state index in [1.807, 2.05) is 31.2 Å². The molecule has 0 bridgehead atoms. The number of rotatable bonds is 6. The van der Waals surface area contributed by atoms with E-state index in [2.05, 4.69) is 10.3 Å². The van der Waals surface area contributed by atoms with E-state index in [9.17, 15) is 14.4 Å². The van der Waals surface area contributed by atoms with Gasteiger partial charge >= 0.3 is 0 Å². The largest absolute Gasteiger partial charge is 0.325 e. The normalized spacial score (nSPS) is 10.9. The van der Waals surface area contributed by atoms with E-state index in [1.165, 1.54) is 11.5 Å². The van der Waals surface area contributed by atoms with Gasteiger partial charge in [-0.1, -0.05) is 53.7 Å². The minimum absolute atomic E-state index is 0.0225. The number of anilines is 1. The highest BCUT2D eigenvalue weighted by molar-refractivity contribution is 7.99. The summed E-state index contributed by atoms with van der Waals surface area (Å²) < 4.78 is 1.53. The molecular formula is C25H20ClN3O3S. The smallest absolute Gasteiger partial charge is 0.266 e. The summed E-state index contributed by atoms with van der Waals surface area (Å²) in [5.74, 6) is -0.339. The SMILES string of the molecule is CC(=O)c1cccc(NC(=O)CSc2nc3cc(Cl)ccc3c(=O)n2-c2ccccc2C)c1. The van der Waals surface area contributed by atoms with Crippen molar-refractivity contribution in [1.82, 2.24) is 9.55 Å². The maximum Gasteiger partial charge on any atom is 0.266 e. The van der Waals surface area contributed by atoms with Crippen molar-refractivity contribution in [2.75, 3.05) is 11.1 Å². The highest BCUT2D eigenvalue weighted by Gasteiger charge is 2.16. The zero-order valence-electron chi connectivity index (χ0n) is 18.0. The topological polar surface area (TPSA) is 81.1 Å². The van der Waals surface area contributed by atoms with Crippen LogP contribution in [0.2, 0.25) is 5.02 Å². The van der Waals surface area contributed by atoms with Crippen molar-refractivity contribution in [3.05, 3.63) is 93.2 Å². The van der Waals surface area contributed by atoms with Crippen LogP contribution in [-0.2, 0) is 4.79 Å². The molecule has 0 unspecified atom stereocenters. The Morgan fingerprint density at radius 2 is 1.85 bits per heavy atom. The fourth-order valence-corrected chi connectivity index (χ4v) is 4.38. The predicted octanol–water partition coefficient (Wildman–Crippen LogP) is 5.28. The highest BCUT2D eigenvalue weighted by Crippen LogP contribution is 2.25. The number of aromatic nitrogens is 2. The van der Waals surface area contributed by atoms with Gasteiger partial charge in [0.2, 0.25) is 5.91 Å². The molecule has 4 aromatic rings. The van der Waals surface area contributed by atoms with Crippen molar-refractivity contribution in [3.63, 3.8) is 0 Å². The Kier molecular flexibility index (Phi) is 6.62. The Morgan fingerprint density at radius 3 is 2.61 bits per heavy atom. The first-order valence-corrected chi connectivity index (χ1v) is 11.5. The van der Waals surface area contributed by atoms with Crippen LogP contribution in [0, 0.1) is 6.92 Å². The number of carbonyl (C=O) groups is 2. The number of amides is 1. The number of nitrogens with one attached hydrogen (secondary N) is 1. The molecule has 0 aliphatic rings. The third-order valence-corrected chi connectivity index (χ3v) is 6.22. The second kappa shape index (κ2) is 9.60. The number of Topliss-reactive ketones (excluding diaryl/α,β-unsaturated/α-hetero) is 1. The van der Waals surface area contributed by atoms with Crippen molar-refractivity contribution < 1.29 is 9.59 Å². The molecule has 1 heterocycles. The molecule has 0 saturated carbocycles. The molecule has 166 valence electrons. The first-order chi connectivity index (χ1) is 15.8. The lowest BCUT2D eigenvalue weighted by Crippen LogP contribution is -2.23. The summed E-state index contributed by atoms with van der Waals surface area (Å²) >= 11 is 7.27. The Hall–Kier alpha value is -3.42. The van der Waals surface area contributed by atoms with Crippen LogP contribution < -0.4 is 10.9 Å². The maximum atomic E-state index is 13.4. The Morgan fingerprint density at radius 1 is 1.06 bits per heavy atom. The number of hydrogen-bond donors (Lipinski definition) is 1. The Balaban J connectivity index is 1.68. The maximum absolute atomic E-state index is 13.4. The number of ketones is 1. The van der Waals surface area contributed by atoms with E-state index in [0.29, 0.717) is 38.0 Å². The first-order valence-electron chi connectivity index (χ1n) is 10.2. The minimum Gasteiger partial charge on any atom is -0.325 e. The molecule has 6 nitrogen and oxygen atoms in total. The van der Waals surface area contributed by atoms with Crippen molar-refractivity contribution >= 4 is 51.6 Å². The van der Waals surface area contributed by atoms with Gasteiger partial charge in [-0.25, -0.2) is 4.98 Å². The molecule has 0 fully saturated rings. The monoisotopic (exact) mass is 477 g/mol. The van der Waals surface area contributed by atoms with E-state index < -0.39 is 0 Å². The summed E-state index contributed by atoms with van der Waals surface area (Å²) in [5.41, 5.74) is 2.88. The van der Waals surface area contributed by atoms with Gasteiger partial charge < -0.3 is 5.32 Å². The molecule has 0 atom stereocenters. The number of nitrogens with zero attached hydrogens (tertiary/aromatic N) is 2. The van der Waals surface area contributed by atoms with Crippen LogP contribution >= 0.6 is 23.4 Å². The third-order valence-electron chi connectivity index (χ3n) is 5.04. The summed E-state index contributed by atoms with van der Waals surface area (Å²) in [6, 6.07) is 19.2. The van der Waals surface area contributed by atoms with Gasteiger partial charge in [-0.2, -0.15) is 0 Å². The lowest BCUT2D eigenvalue weighted by Gasteiger charge is -2.15. The number of halogens is 1. The van der Waals surface area contributed by atoms with Crippen LogP contribution in [0.5, 0.6) is 0 Å². The first kappa shape index (κ1) is 22.8. The summed E-state index contributed by atoms with van der Waals surface area (Å²) in [4.78, 5) is 42.3. The quantitative estimate of drug-likeness (QED) is 0.232. The average molecular weight is 478 g/mol. The second-order valence-corrected chi connectivity index (χ2v) is 8.84. The van der Waals surface area contributed by atoms with Crippen LogP contribution in [0.1, 0.15) is 22.8 Å². The molecule has 1 N–H and O–H groups in total. The predicted molar refractivity (Wildman–Crippen MR) is 133 cm³/mol. The number of aryl methyl sites for hydroxylation is 1. The van der Waals surface area contributed by atoms with Gasteiger partial charge in [0.1, 0.15) is 0 Å². The number of fused-ring (bicyclic) bond motifs is 1. The van der Waals surface area contributed by atoms with Gasteiger partial charge in [-0.05, 0) is 55.8 Å². The lowest BCUT2D eigenvalue weighted by molar-refractivity contribution is -0.113. The fourth-order valence-electron chi connectivity index (χ4n) is 3.41. The number of benzene rings is 3. The van der Waals surface area contributed by atoms with Gasteiger partial charge in [0, 0.05) is 16.3 Å². The van der Waals surface area contributed by atoms with E-state index in [0.717, 1.165) is 17.3 Å². The summed E-state index contributed by atoms with van der Waals surface area (Å²) in [7, 11) is 0. The molecule has 0 saturated heterocycles. The lowest BCUT2D eigenvalue weighted by atomic mass is 10.1. The van der Waals surface area contributed by atoms with Gasteiger partial charge in [0.05, 0.1) is 22.3 Å². The van der Waals surface area contributed by atoms with Gasteiger partial charge in [-0.15, -0.1) is 0 Å². The number of carbonyl (C=O) groups excluding carboxylic acids is 2. The average Bonchev–Trinajstić information content (AvgIpc) is 2.78. The van der Waals surface area contributed by atoms with E-state index in [4.69, 9.17) is 11.6 Å². The summed E-state index contributed by atoms with van der Waals surface area (Å²) in [6.45, 7) is 3.39. The summed E-state index contributed by atoms with van der Waals surface area (Å²) in [5, 5.41) is 4.09. The van der Waals surface area contributed by atoms with Crippen LogP contribution in [0.15, 0.2) is 76.7 Å². The second-order valence-electron chi connectivity index (χ2n) is 7.46. The molecule has 0 aliphatic heterocycles. The van der Waals surface area contributed by atoms with Crippen LogP contribution in [0.25, 0.3) is 16.6 Å². The molecule has 33 heavy (non-hydrogen) atoms. The van der Waals surface area contributed by atoms with Crippen molar-refractivity contribution in [3.8, 4) is 5.69 Å². The van der Waals surface area contributed by atoms with Crippen LogP contribution in [0.3, 0.4) is 0 Å². The molecule has 0 radical (unpaired) electrons. The Labute approximate surface area is 199 Å². The zero-order valence-corrected chi connectivity index (χ0v) is 19.5. The van der Waals surface area contributed by atoms with Crippen molar-refractivity contribution in [2.45, 2.75) is 19.0 Å². The molecule has 0 aliphatic carbocycles. The van der Waals surface area contributed by atoms with E-state index in [1.54, 1.807) is 42.5 Å². The van der Waals surface area contributed by atoms with Gasteiger partial charge in [0.25, 0.3) is 5.56 Å². The molecular weight excluding hydrogens is 458 g/mol. The summed E-state index contributed by atoms with van der Waals surface area (Å²) in [6.07, 6.45) is 0. The van der Waals surface area contributed by atoms with Crippen LogP contribution in [0.4, 0.5) is 5.69 Å². The number of thioether (sulfide) groups is 1. The number of hydrogen-bond acceptors (Lipinski definition) is 5. The fraction of sp³-hybridized carbons (Fsp3) is 0.120. The molecule has 1 amide bonds. The Bertz CT molecular complexity index is 1450. The van der Waals surface area contributed by atoms with Gasteiger partial charge in [-0.3, -0.25) is 19.0 Å². The van der Waals surface area contributed by atoms with Gasteiger partial charge in [0.15, 0.2) is 10.9 Å². The third kappa shape index (κ3) is 4.99. The van der Waals surface area contributed by atoms with E-state index in [-0.39, 0.29) is 23.0 Å². The van der Waals surface area contributed by atoms with Crippen molar-refractivity contribution in [1.29, 1.82) is 0 Å². The molecule has 1 aromatic heterocycles. The molecule has 8 heteroatoms. The minimum atomic E-state index is -0.280. The van der Waals surface area contributed by atoms with Crippen molar-refractivity contribution in [2.24, 2.45) is 0 Å². The molecule has 4 rings (SSSR count). The van der Waals surface area contributed by atoms with Crippen LogP contribution in [-0.4, -0.2) is 27.0 Å². The highest BCUT2D eigenvalue weighted by atomic mass is 35.5. The standard InChI is InChI=1S/C25H20ClN3O3S/c1-15-6-3-4-9-22(15)29-24(32)20-11-10-18(26)13-21(20)28-25(29)33-14-23(31)27-19-8-5-7-17(12-19)16(2)30/h3-13H,14H2,1-2H3,(H,27,31). The molecule has 0 spiro atoms.